The fraction of sp³-hybridized carbons (Fsp3) is 0. The van der Waals surface area contributed by atoms with Crippen molar-refractivity contribution in [1.82, 2.24) is 0 Å². The molecule has 13 heavy (non-hydrogen) atoms. The van der Waals surface area contributed by atoms with Crippen molar-refractivity contribution < 1.29 is 40.6 Å². The second-order valence-electron chi connectivity index (χ2n) is 0. The van der Waals surface area contributed by atoms with Crippen molar-refractivity contribution in [3.8, 4) is 0 Å². The number of hydrogen-bond acceptors (Lipinski definition) is 0. The minimum Gasteiger partial charge on any atom is 0 e. The van der Waals surface area contributed by atoms with E-state index in [1.165, 1.54) is 0 Å². The van der Waals surface area contributed by atoms with Crippen LogP contribution in [0.25, 0.3) is 0 Å². The van der Waals surface area contributed by atoms with E-state index in [9.17, 15) is 0 Å². The maximum Gasteiger partial charge on any atom is 0 e. The van der Waals surface area contributed by atoms with Crippen LogP contribution < -0.4 is 0 Å². The second-order valence-corrected chi connectivity index (χ2v) is 0. The fourth-order valence-electron chi connectivity index (χ4n) is 0. The van der Waals surface area contributed by atoms with E-state index >= 15 is 0 Å². The molecular formula is C5CrNa2O5. The first-order valence-electron chi connectivity index (χ1n) is 1.02. The Kier molecular flexibility index (Phi) is 6430. The van der Waals surface area contributed by atoms with Crippen molar-refractivity contribution in [1.29, 1.82) is 0 Å². The Morgan fingerprint density at radius 2 is 0.385 bits per heavy atom. The summed E-state index contributed by atoms with van der Waals surface area (Å²) < 4.78 is 37.5. The van der Waals surface area contributed by atoms with E-state index in [0.717, 1.165) is 0 Å². The molecule has 0 aromatic rings. The molecule has 0 atom stereocenters. The monoisotopic (exact) mass is 238 g/mol. The molecule has 0 aliphatic rings. The van der Waals surface area contributed by atoms with Gasteiger partial charge in [-0.05, 0) is 0 Å². The van der Waals surface area contributed by atoms with Crippen molar-refractivity contribution in [3.63, 3.8) is 0 Å². The molecule has 5 nitrogen and oxygen atoms in total. The van der Waals surface area contributed by atoms with Crippen molar-refractivity contribution in [2.45, 2.75) is 0 Å². The zero-order chi connectivity index (χ0) is 10.0. The van der Waals surface area contributed by atoms with Crippen molar-refractivity contribution in [2.75, 3.05) is 0 Å². The summed E-state index contributed by atoms with van der Waals surface area (Å²) in [4.78, 5) is 0. The van der Waals surface area contributed by atoms with Gasteiger partial charge in [0, 0.05) is 76.5 Å². The van der Waals surface area contributed by atoms with Crippen molar-refractivity contribution in [2.24, 2.45) is 0 Å². The Labute approximate surface area is 131 Å². The number of rotatable bonds is 0. The maximum absolute atomic E-state index is 7.50. The first-order valence-corrected chi connectivity index (χ1v) is 1.02. The summed E-state index contributed by atoms with van der Waals surface area (Å²) in [6.07, 6.45) is 0. The maximum atomic E-state index is 7.50. The molecule has 58 valence electrons. The van der Waals surface area contributed by atoms with E-state index < -0.39 is 0 Å². The molecule has 0 amide bonds. The molecule has 0 aromatic heterocycles. The van der Waals surface area contributed by atoms with Crippen LogP contribution in [0.1, 0.15) is 0 Å². The molecule has 0 saturated heterocycles. The molecule has 0 spiro atoms. The van der Waals surface area contributed by atoms with Gasteiger partial charge in [0.1, 0.15) is 0 Å². The van der Waals surface area contributed by atoms with Gasteiger partial charge in [0.15, 0.2) is 0 Å². The molecule has 2 radical (unpaired) electrons. The first-order chi connectivity index (χ1) is 5.00. The third-order valence-electron chi connectivity index (χ3n) is 0. The molecule has 8 heteroatoms. The molecule has 0 heterocycles. The molecular weight excluding hydrogens is 238 g/mol. The molecule has 0 saturated carbocycles. The predicted molar refractivity (Wildman–Crippen MR) is 31.2 cm³/mol. The van der Waals surface area contributed by atoms with Crippen LogP contribution in [0.5, 0.6) is 0 Å². The van der Waals surface area contributed by atoms with E-state index in [-0.39, 0.29) is 76.5 Å². The van der Waals surface area contributed by atoms with Gasteiger partial charge in [-0.3, -0.25) is 0 Å². The first kappa shape index (κ1) is 64.2. The van der Waals surface area contributed by atoms with Crippen LogP contribution in [0, 0.1) is 33.3 Å². The van der Waals surface area contributed by atoms with E-state index in [0.29, 0.717) is 0 Å². The zero-order valence-corrected chi connectivity index (χ0v) is 12.2. The summed E-state index contributed by atoms with van der Waals surface area (Å²) >= 11 is 0. The van der Waals surface area contributed by atoms with E-state index in [4.69, 9.17) is 23.3 Å². The Hall–Kier alpha value is 1.23. The molecule has 0 unspecified atom stereocenters. The van der Waals surface area contributed by atoms with E-state index in [1.807, 2.05) is 0 Å². The molecule has 0 aromatic carbocycles. The molecule has 0 N–H and O–H groups in total. The van der Waals surface area contributed by atoms with Gasteiger partial charge in [-0.15, -0.1) is 0 Å². The van der Waals surface area contributed by atoms with E-state index in [2.05, 4.69) is 33.3 Å². The van der Waals surface area contributed by atoms with Gasteiger partial charge < -0.3 is 0 Å². The van der Waals surface area contributed by atoms with Crippen LogP contribution in [0.3, 0.4) is 0 Å². The van der Waals surface area contributed by atoms with Crippen LogP contribution in [0.2, 0.25) is 0 Å². The quantitative estimate of drug-likeness (QED) is 0.295. The Morgan fingerprint density at radius 1 is 0.385 bits per heavy atom. The summed E-state index contributed by atoms with van der Waals surface area (Å²) in [7, 11) is 0. The van der Waals surface area contributed by atoms with Gasteiger partial charge in [-0.25, -0.2) is 0 Å². The zero-order valence-electron chi connectivity index (χ0n) is 6.95. The molecule has 0 bridgehead atoms. The van der Waals surface area contributed by atoms with Gasteiger partial charge >= 0.3 is 56.5 Å². The van der Waals surface area contributed by atoms with Gasteiger partial charge in [0.25, 0.3) is 0 Å². The van der Waals surface area contributed by atoms with Gasteiger partial charge in [-0.2, -0.15) is 0 Å². The topological polar surface area (TPSA) is 99.5 Å². The van der Waals surface area contributed by atoms with Gasteiger partial charge in [0.2, 0.25) is 0 Å². The Balaban J connectivity index is -0.00000000379. The standard InChI is InChI=1S/5CO.Cr.2Na/c5*1-2;;;. The van der Waals surface area contributed by atoms with Crippen LogP contribution in [-0.4, -0.2) is 59.1 Å². The molecule has 0 fully saturated rings. The summed E-state index contributed by atoms with van der Waals surface area (Å²) in [5, 5.41) is 0. The smallest absolute Gasteiger partial charge is 0 e. The van der Waals surface area contributed by atoms with Crippen molar-refractivity contribution >= 4 is 59.1 Å². The SMILES string of the molecule is [C-]#[O+].[C-]#[O+].[C-]#[O+].[C-]#[O+].[C-]#[O+].[Cr].[Na].[Na]. The van der Waals surface area contributed by atoms with Crippen molar-refractivity contribution in [3.05, 3.63) is 33.3 Å². The minimum atomic E-state index is 0. The minimum absolute atomic E-state index is 0. The summed E-state index contributed by atoms with van der Waals surface area (Å²) in [6.45, 7) is 22.5. The third kappa shape index (κ3) is 1100. The predicted octanol–water partition coefficient (Wildman–Crippen LogP) is -0.952. The fourth-order valence-corrected chi connectivity index (χ4v) is 0. The summed E-state index contributed by atoms with van der Waals surface area (Å²) in [5.41, 5.74) is 0. The summed E-state index contributed by atoms with van der Waals surface area (Å²) in [6, 6.07) is 0. The molecule has 0 aliphatic carbocycles. The Bertz CT molecular complexity index is 81.5. The largest absolute Gasteiger partial charge is 0 e. The second kappa shape index (κ2) is 1300. The van der Waals surface area contributed by atoms with E-state index in [1.54, 1.807) is 0 Å². The Morgan fingerprint density at radius 3 is 0.385 bits per heavy atom. The average Bonchev–Trinajstić information content (AvgIpc) is 2.20. The normalized spacial score (nSPS) is 0.769. The third-order valence-corrected chi connectivity index (χ3v) is 0. The van der Waals surface area contributed by atoms with Crippen LogP contribution in [0.4, 0.5) is 0 Å². The van der Waals surface area contributed by atoms with Gasteiger partial charge in [0.05, 0.1) is 0 Å². The van der Waals surface area contributed by atoms with Crippen LogP contribution in [0.15, 0.2) is 0 Å². The molecule has 0 aliphatic heterocycles. The van der Waals surface area contributed by atoms with Crippen LogP contribution >= 0.6 is 0 Å². The average molecular weight is 238 g/mol. The van der Waals surface area contributed by atoms with Crippen LogP contribution in [-0.2, 0) is 40.6 Å². The summed E-state index contributed by atoms with van der Waals surface area (Å²) in [5.74, 6) is 0. The van der Waals surface area contributed by atoms with Gasteiger partial charge in [-0.1, -0.05) is 0 Å². The molecule has 0 rings (SSSR count). The number of hydrogen-bond donors (Lipinski definition) is 0.